The van der Waals surface area contributed by atoms with Gasteiger partial charge in [-0.25, -0.2) is 4.79 Å². The molecule has 0 fully saturated rings. The number of nitrogens with zero attached hydrogens (tertiary/aromatic N) is 2. The first-order chi connectivity index (χ1) is 8.33. The Kier molecular flexibility index (Phi) is 3.34. The highest BCUT2D eigenvalue weighted by molar-refractivity contribution is 5.68. The normalized spacial score (nSPS) is 9.47. The summed E-state index contributed by atoms with van der Waals surface area (Å²) in [5, 5.41) is 4.09. The highest BCUT2D eigenvalue weighted by Gasteiger charge is 1.96. The molecule has 2 aromatic carbocycles. The number of hydrogen-bond acceptors (Lipinski definition) is 2. The monoisotopic (exact) mass is 223 g/mol. The Balaban J connectivity index is 2.29. The minimum Gasteiger partial charge on any atom is -0.687 e. The van der Waals surface area contributed by atoms with E-state index in [4.69, 9.17) is 0 Å². The molecule has 0 N–H and O–H groups in total. The Morgan fingerprint density at radius 3 is 1.94 bits per heavy atom. The number of isocyanates is 1. The third-order valence-electron chi connectivity index (χ3n) is 2.50. The second kappa shape index (κ2) is 5.10. The zero-order valence-electron chi connectivity index (χ0n) is 9.42. The Bertz CT molecular complexity index is 537. The molecule has 0 spiro atoms. The summed E-state index contributed by atoms with van der Waals surface area (Å²) in [6, 6.07) is 15.4. The van der Waals surface area contributed by atoms with Crippen molar-refractivity contribution in [3.8, 4) is 11.1 Å². The Morgan fingerprint density at radius 1 is 0.941 bits per heavy atom. The standard InChI is InChI=1S/C14H11N2O/c1-15-13-6-2-11(3-7-13)12-4-8-14(9-5-12)16-10-17/h2-9H,1H3/q-1. The van der Waals surface area contributed by atoms with Gasteiger partial charge in [-0.3, -0.25) is 0 Å². The van der Waals surface area contributed by atoms with Gasteiger partial charge in [-0.1, -0.05) is 36.4 Å². The first-order valence-corrected chi connectivity index (χ1v) is 5.21. The van der Waals surface area contributed by atoms with Crippen LogP contribution >= 0.6 is 0 Å². The van der Waals surface area contributed by atoms with E-state index in [1.807, 2.05) is 36.4 Å². The van der Waals surface area contributed by atoms with Crippen LogP contribution in [-0.2, 0) is 4.79 Å². The second-order valence-corrected chi connectivity index (χ2v) is 3.52. The van der Waals surface area contributed by atoms with Crippen LogP contribution in [0.3, 0.4) is 0 Å². The molecule has 0 radical (unpaired) electrons. The molecule has 0 saturated carbocycles. The molecular formula is C14H11N2O-. The van der Waals surface area contributed by atoms with Crippen molar-refractivity contribution in [1.82, 2.24) is 0 Å². The summed E-state index contributed by atoms with van der Waals surface area (Å²) in [5.41, 5.74) is 3.76. The van der Waals surface area contributed by atoms with Crippen LogP contribution < -0.4 is 0 Å². The van der Waals surface area contributed by atoms with Gasteiger partial charge in [0.1, 0.15) is 0 Å². The van der Waals surface area contributed by atoms with Crippen molar-refractivity contribution in [3.63, 3.8) is 0 Å². The molecule has 2 rings (SSSR count). The van der Waals surface area contributed by atoms with Crippen LogP contribution in [0.25, 0.3) is 16.4 Å². The summed E-state index contributed by atoms with van der Waals surface area (Å²) in [7, 11) is 1.77. The maximum absolute atomic E-state index is 10.1. The molecule has 0 saturated heterocycles. The predicted molar refractivity (Wildman–Crippen MR) is 68.6 cm³/mol. The van der Waals surface area contributed by atoms with Crippen molar-refractivity contribution >= 4 is 17.5 Å². The van der Waals surface area contributed by atoms with Crippen molar-refractivity contribution in [2.24, 2.45) is 4.99 Å². The molecular weight excluding hydrogens is 212 g/mol. The topological polar surface area (TPSA) is 43.5 Å². The summed E-state index contributed by atoms with van der Waals surface area (Å²) >= 11 is 0. The van der Waals surface area contributed by atoms with Crippen molar-refractivity contribution in [3.05, 3.63) is 53.8 Å². The molecule has 3 nitrogen and oxygen atoms in total. The van der Waals surface area contributed by atoms with Gasteiger partial charge in [-0.05, 0) is 23.3 Å². The molecule has 2 aromatic rings. The van der Waals surface area contributed by atoms with Crippen LogP contribution in [0.5, 0.6) is 0 Å². The van der Waals surface area contributed by atoms with Gasteiger partial charge in [0.25, 0.3) is 0 Å². The van der Waals surface area contributed by atoms with E-state index in [1.165, 1.54) is 6.08 Å². The lowest BCUT2D eigenvalue weighted by atomic mass is 10.1. The van der Waals surface area contributed by atoms with Gasteiger partial charge in [0.15, 0.2) is 0 Å². The van der Waals surface area contributed by atoms with Crippen molar-refractivity contribution in [2.45, 2.75) is 0 Å². The van der Waals surface area contributed by atoms with E-state index in [9.17, 15) is 4.79 Å². The SMILES string of the molecule is C[N-]c1ccc(-c2ccc(N=C=O)cc2)cc1. The number of rotatable bonds is 3. The summed E-state index contributed by atoms with van der Waals surface area (Å²) < 4.78 is 0. The number of hydrogen-bond donors (Lipinski definition) is 0. The average molecular weight is 223 g/mol. The van der Waals surface area contributed by atoms with Crippen LogP contribution in [0.4, 0.5) is 11.4 Å². The number of aliphatic imine (C=N–C) groups is 1. The fraction of sp³-hybridized carbons (Fsp3) is 0.0714. The maximum atomic E-state index is 10.1. The molecule has 0 aliphatic rings. The van der Waals surface area contributed by atoms with Crippen LogP contribution in [-0.4, -0.2) is 13.1 Å². The third kappa shape index (κ3) is 2.60. The molecule has 17 heavy (non-hydrogen) atoms. The lowest BCUT2D eigenvalue weighted by Crippen LogP contribution is -1.76. The molecule has 84 valence electrons. The number of carbonyl (C=O) groups excluding carboxylic acids is 1. The largest absolute Gasteiger partial charge is 0.687 e. The maximum Gasteiger partial charge on any atom is 0.240 e. The van der Waals surface area contributed by atoms with Gasteiger partial charge < -0.3 is 5.32 Å². The molecule has 0 amide bonds. The highest BCUT2D eigenvalue weighted by atomic mass is 16.1. The number of benzene rings is 2. The van der Waals surface area contributed by atoms with Gasteiger partial charge in [0.2, 0.25) is 6.08 Å². The van der Waals surface area contributed by atoms with E-state index in [0.29, 0.717) is 5.69 Å². The third-order valence-corrected chi connectivity index (χ3v) is 2.50. The van der Waals surface area contributed by atoms with Gasteiger partial charge >= 0.3 is 0 Å². The fourth-order valence-electron chi connectivity index (χ4n) is 1.58. The van der Waals surface area contributed by atoms with E-state index in [0.717, 1.165) is 16.8 Å². The minimum atomic E-state index is 0.615. The second-order valence-electron chi connectivity index (χ2n) is 3.52. The average Bonchev–Trinajstić information content (AvgIpc) is 2.40. The minimum absolute atomic E-state index is 0.615. The zero-order chi connectivity index (χ0) is 12.1. The Hall–Kier alpha value is -2.38. The van der Waals surface area contributed by atoms with E-state index < -0.39 is 0 Å². The molecule has 0 bridgehead atoms. The van der Waals surface area contributed by atoms with Crippen molar-refractivity contribution in [1.29, 1.82) is 0 Å². The molecule has 0 heterocycles. The van der Waals surface area contributed by atoms with Crippen LogP contribution in [0.1, 0.15) is 0 Å². The highest BCUT2D eigenvalue weighted by Crippen LogP contribution is 2.25. The van der Waals surface area contributed by atoms with Crippen LogP contribution in [0.15, 0.2) is 53.5 Å². The lowest BCUT2D eigenvalue weighted by molar-refractivity contribution is 0.565. The molecule has 0 unspecified atom stereocenters. The smallest absolute Gasteiger partial charge is 0.240 e. The van der Waals surface area contributed by atoms with Crippen LogP contribution in [0.2, 0.25) is 0 Å². The molecule has 0 aromatic heterocycles. The quantitative estimate of drug-likeness (QED) is 0.573. The first-order valence-electron chi connectivity index (χ1n) is 5.21. The molecule has 3 heteroatoms. The molecule has 0 aliphatic carbocycles. The first kappa shape index (κ1) is 11.1. The summed E-state index contributed by atoms with van der Waals surface area (Å²) in [6.45, 7) is 0. The van der Waals surface area contributed by atoms with Crippen molar-refractivity contribution in [2.75, 3.05) is 7.05 Å². The Morgan fingerprint density at radius 2 is 1.47 bits per heavy atom. The predicted octanol–water partition coefficient (Wildman–Crippen LogP) is 3.96. The zero-order valence-corrected chi connectivity index (χ0v) is 9.42. The molecule has 0 aliphatic heterocycles. The molecule has 0 atom stereocenters. The van der Waals surface area contributed by atoms with Gasteiger partial charge in [-0.15, -0.1) is 12.7 Å². The summed E-state index contributed by atoms with van der Waals surface area (Å²) in [6.07, 6.45) is 1.52. The van der Waals surface area contributed by atoms with E-state index in [2.05, 4.69) is 10.3 Å². The van der Waals surface area contributed by atoms with E-state index >= 15 is 0 Å². The lowest BCUT2D eigenvalue weighted by Gasteiger charge is -2.13. The van der Waals surface area contributed by atoms with Crippen molar-refractivity contribution < 1.29 is 4.79 Å². The van der Waals surface area contributed by atoms with Gasteiger partial charge in [-0.2, -0.15) is 4.99 Å². The van der Waals surface area contributed by atoms with Gasteiger partial charge in [0, 0.05) is 0 Å². The Labute approximate surface area is 99.8 Å². The summed E-state index contributed by atoms with van der Waals surface area (Å²) in [4.78, 5) is 13.6. The fourth-order valence-corrected chi connectivity index (χ4v) is 1.58. The summed E-state index contributed by atoms with van der Waals surface area (Å²) in [5.74, 6) is 0. The van der Waals surface area contributed by atoms with E-state index in [-0.39, 0.29) is 0 Å². The van der Waals surface area contributed by atoms with Gasteiger partial charge in [0.05, 0.1) is 5.69 Å². The van der Waals surface area contributed by atoms with Crippen LogP contribution in [0, 0.1) is 0 Å². The van der Waals surface area contributed by atoms with E-state index in [1.54, 1.807) is 19.2 Å².